The maximum Gasteiger partial charge on any atom is 0.260 e. The minimum absolute atomic E-state index is 0.000117. The summed E-state index contributed by atoms with van der Waals surface area (Å²) in [5.41, 5.74) is 0. The Balaban J connectivity index is 1.44. The van der Waals surface area contributed by atoms with Crippen molar-refractivity contribution in [3.8, 4) is 5.75 Å². The van der Waals surface area contributed by atoms with Crippen molar-refractivity contribution in [2.75, 3.05) is 32.8 Å². The summed E-state index contributed by atoms with van der Waals surface area (Å²) in [5, 5.41) is 0.000117. The second-order valence-corrected chi connectivity index (χ2v) is 6.63. The fraction of sp³-hybridized carbons (Fsp3) is 0.588. The number of hydrogen-bond donors (Lipinski definition) is 0. The van der Waals surface area contributed by atoms with Gasteiger partial charge in [0.05, 0.1) is 5.02 Å². The molecular weight excluding hydrogens is 319 g/mol. The predicted octanol–water partition coefficient (Wildman–Crippen LogP) is 2.94. The highest BCUT2D eigenvalue weighted by molar-refractivity contribution is 6.30. The van der Waals surface area contributed by atoms with Crippen molar-refractivity contribution in [1.29, 1.82) is 0 Å². The molecule has 1 aliphatic carbocycles. The molecular formula is C17H22ClFN2O2. The van der Waals surface area contributed by atoms with Crippen molar-refractivity contribution in [3.63, 3.8) is 0 Å². The number of nitrogens with zero attached hydrogens (tertiary/aromatic N) is 2. The summed E-state index contributed by atoms with van der Waals surface area (Å²) >= 11 is 5.70. The van der Waals surface area contributed by atoms with Gasteiger partial charge >= 0.3 is 0 Å². The third-order valence-electron chi connectivity index (χ3n) is 4.76. The molecule has 1 aliphatic heterocycles. The third kappa shape index (κ3) is 4.15. The van der Waals surface area contributed by atoms with Crippen LogP contribution in [0.5, 0.6) is 5.75 Å². The largest absolute Gasteiger partial charge is 0.484 e. The molecule has 23 heavy (non-hydrogen) atoms. The summed E-state index contributed by atoms with van der Waals surface area (Å²) in [7, 11) is 0. The van der Waals surface area contributed by atoms with E-state index in [1.807, 2.05) is 4.90 Å². The van der Waals surface area contributed by atoms with Crippen molar-refractivity contribution in [2.24, 2.45) is 0 Å². The summed E-state index contributed by atoms with van der Waals surface area (Å²) < 4.78 is 18.5. The Hall–Kier alpha value is -1.33. The molecule has 0 aromatic heterocycles. The Bertz CT molecular complexity index is 556. The first-order valence-electron chi connectivity index (χ1n) is 8.23. The summed E-state index contributed by atoms with van der Waals surface area (Å²) in [6.45, 7) is 3.36. The van der Waals surface area contributed by atoms with Gasteiger partial charge in [0, 0.05) is 38.3 Å². The van der Waals surface area contributed by atoms with Crippen molar-refractivity contribution in [2.45, 2.75) is 31.7 Å². The molecule has 0 unspecified atom stereocenters. The van der Waals surface area contributed by atoms with E-state index in [4.69, 9.17) is 16.3 Å². The molecule has 126 valence electrons. The van der Waals surface area contributed by atoms with Gasteiger partial charge in [0.1, 0.15) is 11.6 Å². The van der Waals surface area contributed by atoms with Crippen LogP contribution in [0.1, 0.15) is 25.7 Å². The van der Waals surface area contributed by atoms with Gasteiger partial charge in [-0.1, -0.05) is 24.4 Å². The van der Waals surface area contributed by atoms with E-state index in [0.29, 0.717) is 11.8 Å². The molecule has 0 radical (unpaired) electrons. The van der Waals surface area contributed by atoms with Crippen LogP contribution in [0.15, 0.2) is 18.2 Å². The molecule has 0 bridgehead atoms. The van der Waals surface area contributed by atoms with Crippen LogP contribution in [0.25, 0.3) is 0 Å². The molecule has 1 aromatic carbocycles. The van der Waals surface area contributed by atoms with Gasteiger partial charge in [-0.25, -0.2) is 4.39 Å². The van der Waals surface area contributed by atoms with E-state index in [1.165, 1.54) is 43.9 Å². The molecule has 0 N–H and O–H groups in total. The molecule has 3 rings (SSSR count). The highest BCUT2D eigenvalue weighted by Gasteiger charge is 2.27. The predicted molar refractivity (Wildman–Crippen MR) is 87.3 cm³/mol. The zero-order chi connectivity index (χ0) is 16.2. The Morgan fingerprint density at radius 1 is 1.22 bits per heavy atom. The number of piperazine rings is 1. The van der Waals surface area contributed by atoms with Gasteiger partial charge in [-0.2, -0.15) is 0 Å². The second kappa shape index (κ2) is 7.49. The van der Waals surface area contributed by atoms with E-state index in [1.54, 1.807) is 0 Å². The molecule has 1 saturated heterocycles. The minimum atomic E-state index is -0.492. The van der Waals surface area contributed by atoms with Gasteiger partial charge < -0.3 is 9.64 Å². The van der Waals surface area contributed by atoms with Crippen LogP contribution in [-0.2, 0) is 4.79 Å². The summed E-state index contributed by atoms with van der Waals surface area (Å²) in [4.78, 5) is 16.6. The topological polar surface area (TPSA) is 32.8 Å². The fourth-order valence-corrected chi connectivity index (χ4v) is 3.58. The van der Waals surface area contributed by atoms with Crippen molar-refractivity contribution in [3.05, 3.63) is 29.0 Å². The highest BCUT2D eigenvalue weighted by Crippen LogP contribution is 2.24. The van der Waals surface area contributed by atoms with Gasteiger partial charge in [0.2, 0.25) is 0 Å². The average Bonchev–Trinajstić information content (AvgIpc) is 3.10. The summed E-state index contributed by atoms with van der Waals surface area (Å²) in [5.74, 6) is -0.112. The number of ether oxygens (including phenoxy) is 1. The lowest BCUT2D eigenvalue weighted by Crippen LogP contribution is -2.52. The van der Waals surface area contributed by atoms with Gasteiger partial charge in [0.15, 0.2) is 6.61 Å². The van der Waals surface area contributed by atoms with Crippen LogP contribution < -0.4 is 4.74 Å². The first-order chi connectivity index (χ1) is 11.1. The second-order valence-electron chi connectivity index (χ2n) is 6.22. The van der Waals surface area contributed by atoms with E-state index in [9.17, 15) is 9.18 Å². The number of carbonyl (C=O) groups is 1. The average molecular weight is 341 g/mol. The Kier molecular flexibility index (Phi) is 5.38. The molecule has 1 aromatic rings. The molecule has 1 heterocycles. The molecule has 0 spiro atoms. The van der Waals surface area contributed by atoms with Crippen molar-refractivity contribution < 1.29 is 13.9 Å². The molecule has 1 amide bonds. The minimum Gasteiger partial charge on any atom is -0.484 e. The van der Waals surface area contributed by atoms with Crippen molar-refractivity contribution >= 4 is 17.5 Å². The van der Waals surface area contributed by atoms with Crippen LogP contribution in [0.3, 0.4) is 0 Å². The fourth-order valence-electron chi connectivity index (χ4n) is 3.41. The Labute approximate surface area is 141 Å². The molecule has 6 heteroatoms. The first kappa shape index (κ1) is 16.5. The maximum atomic E-state index is 13.1. The number of amides is 1. The Morgan fingerprint density at radius 2 is 1.91 bits per heavy atom. The zero-order valence-corrected chi connectivity index (χ0v) is 13.9. The maximum absolute atomic E-state index is 13.1. The van der Waals surface area contributed by atoms with Crippen LogP contribution in [0.4, 0.5) is 4.39 Å². The zero-order valence-electron chi connectivity index (χ0n) is 13.1. The molecule has 1 saturated carbocycles. The van der Waals surface area contributed by atoms with Crippen LogP contribution in [0.2, 0.25) is 5.02 Å². The lowest BCUT2D eigenvalue weighted by Gasteiger charge is -2.38. The van der Waals surface area contributed by atoms with E-state index in [2.05, 4.69) is 4.90 Å². The number of rotatable bonds is 4. The first-order valence-corrected chi connectivity index (χ1v) is 8.61. The van der Waals surface area contributed by atoms with Gasteiger partial charge in [0.25, 0.3) is 5.91 Å². The number of benzene rings is 1. The lowest BCUT2D eigenvalue weighted by molar-refractivity contribution is -0.135. The quantitative estimate of drug-likeness (QED) is 0.845. The monoisotopic (exact) mass is 340 g/mol. The lowest BCUT2D eigenvalue weighted by atomic mass is 10.2. The number of hydrogen-bond acceptors (Lipinski definition) is 3. The normalized spacial score (nSPS) is 20.0. The summed E-state index contributed by atoms with van der Waals surface area (Å²) in [6.07, 6.45) is 5.25. The molecule has 4 nitrogen and oxygen atoms in total. The molecule has 0 atom stereocenters. The number of carbonyl (C=O) groups excluding carboxylic acids is 1. The molecule has 2 aliphatic rings. The highest BCUT2D eigenvalue weighted by atomic mass is 35.5. The van der Waals surface area contributed by atoms with Crippen LogP contribution >= 0.6 is 11.6 Å². The summed E-state index contributed by atoms with van der Waals surface area (Å²) in [6, 6.07) is 4.82. The standard InChI is InChI=1S/C17H22ClFN2O2/c18-15-11-14(5-6-16(15)19)23-12-17(22)21-9-7-20(8-10-21)13-3-1-2-4-13/h5-6,11,13H,1-4,7-10,12H2. The van der Waals surface area contributed by atoms with Crippen molar-refractivity contribution in [1.82, 2.24) is 9.80 Å². The van der Waals surface area contributed by atoms with Crippen LogP contribution in [0, 0.1) is 5.82 Å². The van der Waals surface area contributed by atoms with Gasteiger partial charge in [-0.05, 0) is 25.0 Å². The smallest absolute Gasteiger partial charge is 0.260 e. The van der Waals surface area contributed by atoms with E-state index >= 15 is 0 Å². The Morgan fingerprint density at radius 3 is 2.57 bits per heavy atom. The third-order valence-corrected chi connectivity index (χ3v) is 5.05. The van der Waals surface area contributed by atoms with Crippen LogP contribution in [-0.4, -0.2) is 54.5 Å². The van der Waals surface area contributed by atoms with E-state index in [-0.39, 0.29) is 17.5 Å². The molecule has 2 fully saturated rings. The SMILES string of the molecule is O=C(COc1ccc(F)c(Cl)c1)N1CCN(C2CCCC2)CC1. The van der Waals surface area contributed by atoms with Gasteiger partial charge in [-0.15, -0.1) is 0 Å². The van der Waals surface area contributed by atoms with Gasteiger partial charge in [-0.3, -0.25) is 9.69 Å². The van der Waals surface area contributed by atoms with E-state index in [0.717, 1.165) is 26.2 Å². The number of halogens is 2. The van der Waals surface area contributed by atoms with E-state index < -0.39 is 5.82 Å².